The first-order valence-corrected chi connectivity index (χ1v) is 5.65. The largest absolute Gasteiger partial charge is 0.381 e. The summed E-state index contributed by atoms with van der Waals surface area (Å²) in [6, 6.07) is 0. The van der Waals surface area contributed by atoms with Gasteiger partial charge in [0.05, 0.1) is 6.61 Å². The topological polar surface area (TPSA) is 38.3 Å². The highest BCUT2D eigenvalue weighted by molar-refractivity contribution is 8.93. The molecular formula is C11H24BrNO2. The predicted octanol–water partition coefficient (Wildman–Crippen LogP) is 2.69. The van der Waals surface area contributed by atoms with Crippen LogP contribution in [0.4, 0.5) is 0 Å². The molecule has 1 N–H and O–H groups in total. The molecule has 3 nitrogen and oxygen atoms in total. The summed E-state index contributed by atoms with van der Waals surface area (Å²) in [5.41, 5.74) is 0. The summed E-state index contributed by atoms with van der Waals surface area (Å²) in [5.74, 6) is 0.106. The van der Waals surface area contributed by atoms with Crippen LogP contribution in [-0.2, 0) is 9.53 Å². The van der Waals surface area contributed by atoms with E-state index in [1.165, 1.54) is 0 Å². The van der Waals surface area contributed by atoms with Gasteiger partial charge >= 0.3 is 0 Å². The van der Waals surface area contributed by atoms with Crippen LogP contribution >= 0.6 is 17.0 Å². The molecule has 0 aromatic carbocycles. The summed E-state index contributed by atoms with van der Waals surface area (Å²) >= 11 is 0. The smallest absolute Gasteiger partial charge is 0.222 e. The average Bonchev–Trinajstić information content (AvgIpc) is 2.18. The molecule has 0 unspecified atom stereocenters. The molecule has 0 aromatic rings. The van der Waals surface area contributed by atoms with Gasteiger partial charge in [-0.15, -0.1) is 17.0 Å². The van der Waals surface area contributed by atoms with Gasteiger partial charge in [-0.25, -0.2) is 0 Å². The van der Waals surface area contributed by atoms with Crippen molar-refractivity contribution in [3.8, 4) is 0 Å². The fraction of sp³-hybridized carbons (Fsp3) is 0.909. The van der Waals surface area contributed by atoms with Gasteiger partial charge in [0, 0.05) is 19.6 Å². The van der Waals surface area contributed by atoms with Gasteiger partial charge in [0.15, 0.2) is 0 Å². The third-order valence-corrected chi connectivity index (χ3v) is 1.97. The summed E-state index contributed by atoms with van der Waals surface area (Å²) in [7, 11) is 0. The molecule has 0 aliphatic rings. The second kappa shape index (κ2) is 13.9. The Kier molecular flexibility index (Phi) is 16.1. The molecule has 0 heterocycles. The van der Waals surface area contributed by atoms with Gasteiger partial charge in [-0.3, -0.25) is 4.79 Å². The summed E-state index contributed by atoms with van der Waals surface area (Å²) in [4.78, 5) is 11.2. The molecule has 0 saturated heterocycles. The first kappa shape index (κ1) is 17.3. The SMILES string of the molecule is Br.CCCCNC(=O)CCOCCCC. The van der Waals surface area contributed by atoms with Crippen LogP contribution in [0.1, 0.15) is 46.0 Å². The van der Waals surface area contributed by atoms with Crippen molar-refractivity contribution in [3.63, 3.8) is 0 Å². The monoisotopic (exact) mass is 281 g/mol. The lowest BCUT2D eigenvalue weighted by Crippen LogP contribution is -2.25. The number of ether oxygens (including phenoxy) is 1. The zero-order valence-corrected chi connectivity index (χ0v) is 11.6. The Balaban J connectivity index is 0. The molecule has 0 spiro atoms. The number of amides is 1. The molecule has 0 saturated carbocycles. The second-order valence-corrected chi connectivity index (χ2v) is 3.42. The molecule has 0 atom stereocenters. The van der Waals surface area contributed by atoms with E-state index >= 15 is 0 Å². The maximum atomic E-state index is 11.2. The van der Waals surface area contributed by atoms with Gasteiger partial charge < -0.3 is 10.1 Å². The van der Waals surface area contributed by atoms with E-state index < -0.39 is 0 Å². The van der Waals surface area contributed by atoms with Gasteiger partial charge in [0.2, 0.25) is 5.91 Å². The minimum absolute atomic E-state index is 0. The Labute approximate surface area is 104 Å². The predicted molar refractivity (Wildman–Crippen MR) is 68.6 cm³/mol. The van der Waals surface area contributed by atoms with E-state index in [2.05, 4.69) is 19.2 Å². The molecule has 0 radical (unpaired) electrons. The summed E-state index contributed by atoms with van der Waals surface area (Å²) in [6.45, 7) is 6.36. The quantitative estimate of drug-likeness (QED) is 0.660. The molecular weight excluding hydrogens is 258 g/mol. The lowest BCUT2D eigenvalue weighted by atomic mass is 10.3. The van der Waals surface area contributed by atoms with Crippen molar-refractivity contribution >= 4 is 22.9 Å². The molecule has 1 amide bonds. The minimum Gasteiger partial charge on any atom is -0.381 e. The second-order valence-electron chi connectivity index (χ2n) is 3.42. The molecule has 0 bridgehead atoms. The van der Waals surface area contributed by atoms with Crippen molar-refractivity contribution < 1.29 is 9.53 Å². The van der Waals surface area contributed by atoms with Crippen LogP contribution in [0.25, 0.3) is 0 Å². The Bertz CT molecular complexity index is 143. The van der Waals surface area contributed by atoms with Gasteiger partial charge in [0.25, 0.3) is 0 Å². The van der Waals surface area contributed by atoms with Crippen LogP contribution in [0, 0.1) is 0 Å². The molecule has 0 aliphatic carbocycles. The van der Waals surface area contributed by atoms with Crippen molar-refractivity contribution in [3.05, 3.63) is 0 Å². The van der Waals surface area contributed by atoms with Crippen molar-refractivity contribution in [2.45, 2.75) is 46.0 Å². The highest BCUT2D eigenvalue weighted by Crippen LogP contribution is 1.90. The Morgan fingerprint density at radius 3 is 2.40 bits per heavy atom. The van der Waals surface area contributed by atoms with E-state index in [1.54, 1.807) is 0 Å². The van der Waals surface area contributed by atoms with E-state index in [9.17, 15) is 4.79 Å². The first-order valence-electron chi connectivity index (χ1n) is 5.65. The summed E-state index contributed by atoms with van der Waals surface area (Å²) in [5, 5.41) is 2.86. The first-order chi connectivity index (χ1) is 6.81. The Morgan fingerprint density at radius 1 is 1.13 bits per heavy atom. The molecule has 0 rings (SSSR count). The maximum Gasteiger partial charge on any atom is 0.222 e. The molecule has 0 aromatic heterocycles. The van der Waals surface area contributed by atoms with E-state index in [0.29, 0.717) is 13.0 Å². The van der Waals surface area contributed by atoms with E-state index in [4.69, 9.17) is 4.74 Å². The van der Waals surface area contributed by atoms with Crippen molar-refractivity contribution in [1.82, 2.24) is 5.32 Å². The Hall–Kier alpha value is -0.0900. The molecule has 4 heteroatoms. The molecule has 0 aliphatic heterocycles. The van der Waals surface area contributed by atoms with Gasteiger partial charge in [0.1, 0.15) is 0 Å². The van der Waals surface area contributed by atoms with Gasteiger partial charge in [-0.2, -0.15) is 0 Å². The molecule has 15 heavy (non-hydrogen) atoms. The highest BCUT2D eigenvalue weighted by Gasteiger charge is 1.99. The molecule has 92 valence electrons. The minimum atomic E-state index is 0. The van der Waals surface area contributed by atoms with Crippen molar-refractivity contribution in [1.29, 1.82) is 0 Å². The number of unbranched alkanes of at least 4 members (excludes halogenated alkanes) is 2. The zero-order chi connectivity index (χ0) is 10.6. The van der Waals surface area contributed by atoms with Gasteiger partial charge in [-0.1, -0.05) is 26.7 Å². The van der Waals surface area contributed by atoms with Crippen LogP contribution in [0.3, 0.4) is 0 Å². The third-order valence-electron chi connectivity index (χ3n) is 1.97. The number of hydrogen-bond acceptors (Lipinski definition) is 2. The lowest BCUT2D eigenvalue weighted by Gasteiger charge is -2.04. The summed E-state index contributed by atoms with van der Waals surface area (Å²) < 4.78 is 5.29. The number of rotatable bonds is 9. The number of carbonyl (C=O) groups excluding carboxylic acids is 1. The number of nitrogens with one attached hydrogen (secondary N) is 1. The van der Waals surface area contributed by atoms with Crippen LogP contribution in [0.5, 0.6) is 0 Å². The van der Waals surface area contributed by atoms with E-state index in [1.807, 2.05) is 0 Å². The lowest BCUT2D eigenvalue weighted by molar-refractivity contribution is -0.122. The highest BCUT2D eigenvalue weighted by atomic mass is 79.9. The summed E-state index contributed by atoms with van der Waals surface area (Å²) in [6.07, 6.45) is 4.89. The number of halogens is 1. The van der Waals surface area contributed by atoms with E-state index in [-0.39, 0.29) is 22.9 Å². The zero-order valence-electron chi connectivity index (χ0n) is 9.88. The average molecular weight is 282 g/mol. The maximum absolute atomic E-state index is 11.2. The number of hydrogen-bond donors (Lipinski definition) is 1. The van der Waals surface area contributed by atoms with Crippen molar-refractivity contribution in [2.24, 2.45) is 0 Å². The van der Waals surface area contributed by atoms with Gasteiger partial charge in [-0.05, 0) is 12.8 Å². The molecule has 0 fully saturated rings. The van der Waals surface area contributed by atoms with Crippen molar-refractivity contribution in [2.75, 3.05) is 19.8 Å². The van der Waals surface area contributed by atoms with Crippen LogP contribution in [0.2, 0.25) is 0 Å². The Morgan fingerprint density at radius 2 is 1.80 bits per heavy atom. The van der Waals surface area contributed by atoms with Crippen LogP contribution < -0.4 is 5.32 Å². The third kappa shape index (κ3) is 13.9. The van der Waals surface area contributed by atoms with Crippen LogP contribution in [-0.4, -0.2) is 25.7 Å². The standard InChI is InChI=1S/C11H23NO2.BrH/c1-3-5-8-12-11(13)7-10-14-9-6-4-2;/h3-10H2,1-2H3,(H,12,13);1H. The van der Waals surface area contributed by atoms with E-state index in [0.717, 1.165) is 38.8 Å². The fourth-order valence-corrected chi connectivity index (χ4v) is 1.01. The normalized spacial score (nSPS) is 9.47. The fourth-order valence-electron chi connectivity index (χ4n) is 1.01. The number of carbonyl (C=O) groups is 1. The van der Waals surface area contributed by atoms with Crippen LogP contribution in [0.15, 0.2) is 0 Å².